The first-order valence-electron chi connectivity index (χ1n) is 6.09. The number of nitrogens with zero attached hydrogens (tertiary/aromatic N) is 2. The first kappa shape index (κ1) is 13.9. The number of amides is 1. The molecule has 0 aromatic carbocycles. The van der Waals surface area contributed by atoms with Gasteiger partial charge in [-0.1, -0.05) is 13.8 Å². The van der Waals surface area contributed by atoms with Crippen molar-refractivity contribution in [1.82, 2.24) is 20.1 Å². The van der Waals surface area contributed by atoms with Crippen LogP contribution in [0.25, 0.3) is 0 Å². The fourth-order valence-electron chi connectivity index (χ4n) is 1.56. The maximum atomic E-state index is 11.5. The van der Waals surface area contributed by atoms with Gasteiger partial charge in [-0.15, -0.1) is 0 Å². The summed E-state index contributed by atoms with van der Waals surface area (Å²) >= 11 is 5.14. The van der Waals surface area contributed by atoms with Gasteiger partial charge in [0.25, 0.3) is 0 Å². The molecule has 1 rings (SSSR count). The topological polar surface area (TPSA) is 62.7 Å². The summed E-state index contributed by atoms with van der Waals surface area (Å²) in [4.78, 5) is 11.5. The van der Waals surface area contributed by atoms with Crippen LogP contribution in [-0.2, 0) is 17.8 Å². The zero-order valence-electron chi connectivity index (χ0n) is 10.5. The van der Waals surface area contributed by atoms with Crippen molar-refractivity contribution in [2.24, 2.45) is 0 Å². The van der Waals surface area contributed by atoms with Crippen LogP contribution in [0.2, 0.25) is 0 Å². The van der Waals surface area contributed by atoms with Gasteiger partial charge in [0, 0.05) is 25.9 Å². The lowest BCUT2D eigenvalue weighted by Crippen LogP contribution is -2.25. The number of carbonyl (C=O) groups is 1. The minimum atomic E-state index is 0.0670. The van der Waals surface area contributed by atoms with Crippen molar-refractivity contribution in [3.63, 3.8) is 0 Å². The Morgan fingerprint density at radius 3 is 2.88 bits per heavy atom. The third-order valence-electron chi connectivity index (χ3n) is 2.45. The Kier molecular flexibility index (Phi) is 5.90. The van der Waals surface area contributed by atoms with Crippen LogP contribution in [0.15, 0.2) is 0 Å². The smallest absolute Gasteiger partial charge is 0.221 e. The maximum Gasteiger partial charge on any atom is 0.221 e. The minimum absolute atomic E-state index is 0.0670. The molecule has 1 aromatic rings. The van der Waals surface area contributed by atoms with Gasteiger partial charge in [-0.2, -0.15) is 5.10 Å². The molecule has 0 bridgehead atoms. The van der Waals surface area contributed by atoms with Crippen molar-refractivity contribution < 1.29 is 4.79 Å². The predicted molar refractivity (Wildman–Crippen MR) is 69.3 cm³/mol. The molecule has 0 fully saturated rings. The number of nitrogens with one attached hydrogen (secondary N) is 2. The van der Waals surface area contributed by atoms with E-state index >= 15 is 0 Å². The Morgan fingerprint density at radius 2 is 2.24 bits per heavy atom. The molecule has 2 N–H and O–H groups in total. The lowest BCUT2D eigenvalue weighted by Gasteiger charge is -2.06. The van der Waals surface area contributed by atoms with Crippen LogP contribution in [-0.4, -0.2) is 27.2 Å². The summed E-state index contributed by atoms with van der Waals surface area (Å²) in [5.74, 6) is 0.998. The standard InChI is InChI=1S/C11H20N4OS/c1-3-5-9-13-14-11(17)15(9)8-6-10(16)12-7-4-2/h3-8H2,1-2H3,(H,12,16)(H,14,17). The largest absolute Gasteiger partial charge is 0.356 e. The summed E-state index contributed by atoms with van der Waals surface area (Å²) in [5, 5.41) is 9.78. The van der Waals surface area contributed by atoms with E-state index in [-0.39, 0.29) is 5.91 Å². The third kappa shape index (κ3) is 4.30. The van der Waals surface area contributed by atoms with Gasteiger partial charge in [0.2, 0.25) is 5.91 Å². The normalized spacial score (nSPS) is 10.5. The summed E-state index contributed by atoms with van der Waals surface area (Å²) < 4.78 is 2.50. The minimum Gasteiger partial charge on any atom is -0.356 e. The molecule has 1 amide bonds. The molecule has 5 nitrogen and oxygen atoms in total. The number of hydrogen-bond acceptors (Lipinski definition) is 3. The molecule has 0 saturated heterocycles. The second kappa shape index (κ2) is 7.21. The van der Waals surface area contributed by atoms with Crippen molar-refractivity contribution >= 4 is 18.1 Å². The number of rotatable bonds is 7. The molecule has 0 aliphatic rings. The summed E-state index contributed by atoms with van der Waals surface area (Å²) in [6.45, 7) is 5.46. The van der Waals surface area contributed by atoms with Crippen LogP contribution in [0.5, 0.6) is 0 Å². The summed E-state index contributed by atoms with van der Waals surface area (Å²) in [6.07, 6.45) is 3.30. The molecule has 0 spiro atoms. The Bertz CT molecular complexity index is 410. The molecule has 0 aliphatic carbocycles. The molecule has 0 saturated carbocycles. The van der Waals surface area contributed by atoms with E-state index in [1.807, 2.05) is 11.5 Å². The fraction of sp³-hybridized carbons (Fsp3) is 0.727. The number of aromatic amines is 1. The van der Waals surface area contributed by atoms with E-state index in [9.17, 15) is 4.79 Å². The lowest BCUT2D eigenvalue weighted by atomic mass is 10.3. The van der Waals surface area contributed by atoms with E-state index in [2.05, 4.69) is 22.4 Å². The molecule has 0 atom stereocenters. The van der Waals surface area contributed by atoms with E-state index in [1.54, 1.807) is 0 Å². The fourth-order valence-corrected chi connectivity index (χ4v) is 1.80. The van der Waals surface area contributed by atoms with E-state index in [4.69, 9.17) is 12.2 Å². The van der Waals surface area contributed by atoms with Gasteiger partial charge in [-0.05, 0) is 25.1 Å². The highest BCUT2D eigenvalue weighted by molar-refractivity contribution is 7.71. The number of carbonyl (C=O) groups excluding carboxylic acids is 1. The molecule has 17 heavy (non-hydrogen) atoms. The summed E-state index contributed by atoms with van der Waals surface area (Å²) in [6, 6.07) is 0. The second-order valence-electron chi connectivity index (χ2n) is 3.95. The van der Waals surface area contributed by atoms with Crippen LogP contribution in [0, 0.1) is 4.77 Å². The van der Waals surface area contributed by atoms with Crippen LogP contribution in [0.4, 0.5) is 0 Å². The number of aromatic nitrogens is 3. The van der Waals surface area contributed by atoms with Crippen molar-refractivity contribution in [3.05, 3.63) is 10.6 Å². The number of hydrogen-bond donors (Lipinski definition) is 2. The van der Waals surface area contributed by atoms with Gasteiger partial charge in [-0.25, -0.2) is 0 Å². The summed E-state index contributed by atoms with van der Waals surface area (Å²) in [7, 11) is 0. The van der Waals surface area contributed by atoms with Crippen molar-refractivity contribution in [3.8, 4) is 0 Å². The molecule has 0 radical (unpaired) electrons. The lowest BCUT2D eigenvalue weighted by molar-refractivity contribution is -0.121. The van der Waals surface area contributed by atoms with Crippen LogP contribution < -0.4 is 5.32 Å². The van der Waals surface area contributed by atoms with E-state index in [1.165, 1.54) is 0 Å². The predicted octanol–water partition coefficient (Wildman–Crippen LogP) is 1.81. The SMILES string of the molecule is CCCNC(=O)CCn1c(CCC)n[nH]c1=S. The van der Waals surface area contributed by atoms with Gasteiger partial charge >= 0.3 is 0 Å². The van der Waals surface area contributed by atoms with Crippen molar-refractivity contribution in [2.45, 2.75) is 46.1 Å². The molecular weight excluding hydrogens is 236 g/mol. The first-order valence-corrected chi connectivity index (χ1v) is 6.50. The Labute approximate surface area is 107 Å². The van der Waals surface area contributed by atoms with Crippen molar-refractivity contribution in [1.29, 1.82) is 0 Å². The number of H-pyrrole nitrogens is 1. The quantitative estimate of drug-likeness (QED) is 0.731. The second-order valence-corrected chi connectivity index (χ2v) is 4.33. The molecule has 0 aliphatic heterocycles. The van der Waals surface area contributed by atoms with Gasteiger partial charge in [0.1, 0.15) is 5.82 Å². The summed E-state index contributed by atoms with van der Waals surface area (Å²) in [5.41, 5.74) is 0. The molecule has 1 heterocycles. The van der Waals surface area contributed by atoms with Gasteiger partial charge in [0.05, 0.1) is 0 Å². The zero-order valence-corrected chi connectivity index (χ0v) is 11.3. The van der Waals surface area contributed by atoms with Crippen LogP contribution in [0.1, 0.15) is 38.9 Å². The molecule has 1 aromatic heterocycles. The average Bonchev–Trinajstić information content (AvgIpc) is 2.66. The average molecular weight is 256 g/mol. The molecule has 6 heteroatoms. The highest BCUT2D eigenvalue weighted by Crippen LogP contribution is 2.02. The van der Waals surface area contributed by atoms with Crippen LogP contribution in [0.3, 0.4) is 0 Å². The van der Waals surface area contributed by atoms with Gasteiger partial charge in [0.15, 0.2) is 4.77 Å². The Balaban J connectivity index is 2.53. The zero-order chi connectivity index (χ0) is 12.7. The Hall–Kier alpha value is -1.17. The monoisotopic (exact) mass is 256 g/mol. The molecule has 96 valence electrons. The van der Waals surface area contributed by atoms with Crippen LogP contribution >= 0.6 is 12.2 Å². The highest BCUT2D eigenvalue weighted by Gasteiger charge is 2.07. The maximum absolute atomic E-state index is 11.5. The van der Waals surface area contributed by atoms with E-state index in [0.717, 1.165) is 31.6 Å². The number of aryl methyl sites for hydroxylation is 1. The highest BCUT2D eigenvalue weighted by atomic mass is 32.1. The molecular formula is C11H20N4OS. The van der Waals surface area contributed by atoms with Gasteiger partial charge < -0.3 is 9.88 Å². The Morgan fingerprint density at radius 1 is 1.47 bits per heavy atom. The first-order chi connectivity index (χ1) is 8.19. The van der Waals surface area contributed by atoms with Gasteiger partial charge in [-0.3, -0.25) is 9.89 Å². The third-order valence-corrected chi connectivity index (χ3v) is 2.76. The van der Waals surface area contributed by atoms with Crippen molar-refractivity contribution in [2.75, 3.05) is 6.54 Å². The van der Waals surface area contributed by atoms with E-state index in [0.29, 0.717) is 17.7 Å². The van der Waals surface area contributed by atoms with E-state index < -0.39 is 0 Å². The molecule has 0 unspecified atom stereocenters.